The van der Waals surface area contributed by atoms with Crippen molar-refractivity contribution in [2.45, 2.75) is 0 Å². The summed E-state index contributed by atoms with van der Waals surface area (Å²) in [5.41, 5.74) is 3.70. The molecule has 0 aliphatic heterocycles. The Morgan fingerprint density at radius 3 is 2.52 bits per heavy atom. The Labute approximate surface area is 150 Å². The number of nitrogens with zero attached hydrogens (tertiary/aromatic N) is 3. The zero-order valence-electron chi connectivity index (χ0n) is 13.6. The van der Waals surface area contributed by atoms with Crippen molar-refractivity contribution < 1.29 is 0 Å². The van der Waals surface area contributed by atoms with Gasteiger partial charge in [0.25, 0.3) is 0 Å². The summed E-state index contributed by atoms with van der Waals surface area (Å²) < 4.78 is 2.01. The first kappa shape index (κ1) is 15.5. The highest BCUT2D eigenvalue weighted by atomic mass is 35.5. The molecule has 2 aromatic carbocycles. The molecule has 0 atom stereocenters. The number of imidazole rings is 1. The lowest BCUT2D eigenvalue weighted by atomic mass is 10.3. The molecule has 0 fully saturated rings. The first-order valence-corrected chi connectivity index (χ1v) is 8.24. The third kappa shape index (κ3) is 3.27. The molecular weight excluding hydrogens is 334 g/mol. The lowest BCUT2D eigenvalue weighted by molar-refractivity contribution is 0.958. The molecule has 0 spiro atoms. The first-order valence-electron chi connectivity index (χ1n) is 7.86. The summed E-state index contributed by atoms with van der Waals surface area (Å²) in [6.45, 7) is 0. The molecule has 25 heavy (non-hydrogen) atoms. The van der Waals surface area contributed by atoms with Crippen LogP contribution in [0.3, 0.4) is 0 Å². The van der Waals surface area contributed by atoms with Crippen molar-refractivity contribution >= 4 is 45.8 Å². The van der Waals surface area contributed by atoms with Gasteiger partial charge in [-0.2, -0.15) is 0 Å². The Bertz CT molecular complexity index is 1030. The zero-order chi connectivity index (χ0) is 17.2. The Hall–Kier alpha value is -3.05. The highest BCUT2D eigenvalue weighted by Crippen LogP contribution is 2.25. The monoisotopic (exact) mass is 349 g/mol. The lowest BCUT2D eigenvalue weighted by Gasteiger charge is -2.07. The van der Waals surface area contributed by atoms with Gasteiger partial charge in [0.2, 0.25) is 5.95 Å². The van der Waals surface area contributed by atoms with Gasteiger partial charge in [0, 0.05) is 29.5 Å². The Morgan fingerprint density at radius 2 is 1.72 bits per heavy atom. The van der Waals surface area contributed by atoms with E-state index in [0.717, 1.165) is 34.2 Å². The van der Waals surface area contributed by atoms with Gasteiger partial charge in [-0.15, -0.1) is 0 Å². The van der Waals surface area contributed by atoms with Gasteiger partial charge in [-0.3, -0.25) is 0 Å². The fraction of sp³-hybridized carbons (Fsp3) is 0.0526. The minimum atomic E-state index is 0.681. The smallest absolute Gasteiger partial charge is 0.208 e. The molecule has 2 aromatic heterocycles. The van der Waals surface area contributed by atoms with Gasteiger partial charge in [-0.05, 0) is 30.3 Å². The van der Waals surface area contributed by atoms with E-state index in [-0.39, 0.29) is 0 Å². The minimum Gasteiger partial charge on any atom is -0.340 e. The van der Waals surface area contributed by atoms with Crippen LogP contribution < -0.4 is 10.6 Å². The third-order valence-corrected chi connectivity index (χ3v) is 4.13. The van der Waals surface area contributed by atoms with Crippen LogP contribution in [0.15, 0.2) is 66.9 Å². The molecule has 0 aliphatic carbocycles. The van der Waals surface area contributed by atoms with Gasteiger partial charge >= 0.3 is 0 Å². The van der Waals surface area contributed by atoms with Gasteiger partial charge in [-0.1, -0.05) is 35.9 Å². The molecule has 0 amide bonds. The standard InChI is InChI=1S/C19H16ClN5/c1-25-17-11-18(22-15-9-5-6-13(20)10-15)21-12-16(17)24-19(25)23-14-7-3-2-4-8-14/h2-12H,1H3,(H,21,22)(H,23,24). The first-order chi connectivity index (χ1) is 12.2. The molecule has 0 aliphatic rings. The number of nitrogens with one attached hydrogen (secondary N) is 2. The van der Waals surface area contributed by atoms with Crippen LogP contribution in [0.4, 0.5) is 23.1 Å². The van der Waals surface area contributed by atoms with E-state index >= 15 is 0 Å². The number of pyridine rings is 1. The molecule has 4 rings (SSSR count). The molecule has 0 saturated carbocycles. The largest absolute Gasteiger partial charge is 0.340 e. The average Bonchev–Trinajstić information content (AvgIpc) is 2.92. The van der Waals surface area contributed by atoms with Crippen LogP contribution in [0.2, 0.25) is 5.02 Å². The van der Waals surface area contributed by atoms with Gasteiger partial charge in [0.1, 0.15) is 11.3 Å². The normalized spacial score (nSPS) is 10.8. The number of hydrogen-bond acceptors (Lipinski definition) is 4. The number of aryl methyl sites for hydroxylation is 1. The summed E-state index contributed by atoms with van der Waals surface area (Å²) in [6, 6.07) is 19.5. The molecule has 2 N–H and O–H groups in total. The number of hydrogen-bond donors (Lipinski definition) is 2. The van der Waals surface area contributed by atoms with Gasteiger partial charge < -0.3 is 15.2 Å². The number of fused-ring (bicyclic) bond motifs is 1. The second-order valence-electron chi connectivity index (χ2n) is 5.68. The number of aromatic nitrogens is 3. The molecule has 4 aromatic rings. The van der Waals surface area contributed by atoms with E-state index in [1.54, 1.807) is 6.20 Å². The second kappa shape index (κ2) is 6.45. The van der Waals surface area contributed by atoms with Crippen molar-refractivity contribution in [2.75, 3.05) is 10.6 Å². The van der Waals surface area contributed by atoms with Crippen molar-refractivity contribution in [3.8, 4) is 0 Å². The summed E-state index contributed by atoms with van der Waals surface area (Å²) in [5.74, 6) is 1.51. The molecule has 0 bridgehead atoms. The maximum absolute atomic E-state index is 6.03. The zero-order valence-corrected chi connectivity index (χ0v) is 14.3. The summed E-state index contributed by atoms with van der Waals surface area (Å²) in [4.78, 5) is 9.05. The van der Waals surface area contributed by atoms with Crippen molar-refractivity contribution in [3.63, 3.8) is 0 Å². The van der Waals surface area contributed by atoms with E-state index in [1.165, 1.54) is 0 Å². The van der Waals surface area contributed by atoms with Crippen LogP contribution in [-0.2, 0) is 7.05 Å². The number of para-hydroxylation sites is 1. The minimum absolute atomic E-state index is 0.681. The van der Waals surface area contributed by atoms with Crippen molar-refractivity contribution in [1.29, 1.82) is 0 Å². The fourth-order valence-corrected chi connectivity index (χ4v) is 2.83. The number of anilines is 4. The third-order valence-electron chi connectivity index (χ3n) is 3.89. The van der Waals surface area contributed by atoms with Crippen LogP contribution in [0, 0.1) is 0 Å². The SMILES string of the molecule is Cn1c(Nc2ccccc2)nc2cnc(Nc3cccc(Cl)c3)cc21. The highest BCUT2D eigenvalue weighted by Gasteiger charge is 2.09. The van der Waals surface area contributed by atoms with E-state index in [9.17, 15) is 0 Å². The van der Waals surface area contributed by atoms with Crippen molar-refractivity contribution in [3.05, 3.63) is 71.9 Å². The predicted molar refractivity (Wildman–Crippen MR) is 103 cm³/mol. The predicted octanol–water partition coefficient (Wildman–Crippen LogP) is 5.11. The van der Waals surface area contributed by atoms with Gasteiger partial charge in [-0.25, -0.2) is 9.97 Å². The number of benzene rings is 2. The molecule has 0 unspecified atom stereocenters. The molecule has 124 valence electrons. The summed E-state index contributed by atoms with van der Waals surface area (Å²) in [5, 5.41) is 7.27. The van der Waals surface area contributed by atoms with Crippen LogP contribution >= 0.6 is 11.6 Å². The molecule has 2 heterocycles. The van der Waals surface area contributed by atoms with E-state index in [1.807, 2.05) is 72.3 Å². The molecule has 0 saturated heterocycles. The second-order valence-corrected chi connectivity index (χ2v) is 6.12. The maximum atomic E-state index is 6.03. The summed E-state index contributed by atoms with van der Waals surface area (Å²) in [7, 11) is 1.98. The Balaban J connectivity index is 1.65. The Morgan fingerprint density at radius 1 is 0.920 bits per heavy atom. The quantitative estimate of drug-likeness (QED) is 0.537. The molecule has 6 heteroatoms. The fourth-order valence-electron chi connectivity index (χ4n) is 2.64. The van der Waals surface area contributed by atoms with Crippen molar-refractivity contribution in [1.82, 2.24) is 14.5 Å². The molecule has 0 radical (unpaired) electrons. The summed E-state index contributed by atoms with van der Waals surface area (Å²) >= 11 is 6.03. The Kier molecular flexibility index (Phi) is 3.99. The van der Waals surface area contributed by atoms with E-state index in [2.05, 4.69) is 20.6 Å². The van der Waals surface area contributed by atoms with Gasteiger partial charge in [0.05, 0.1) is 11.7 Å². The van der Waals surface area contributed by atoms with Crippen LogP contribution in [0.1, 0.15) is 0 Å². The molecular formula is C19H16ClN5. The van der Waals surface area contributed by atoms with Crippen LogP contribution in [0.5, 0.6) is 0 Å². The van der Waals surface area contributed by atoms with Crippen LogP contribution in [0.25, 0.3) is 11.0 Å². The van der Waals surface area contributed by atoms with E-state index in [4.69, 9.17) is 11.6 Å². The average molecular weight is 350 g/mol. The van der Waals surface area contributed by atoms with Crippen LogP contribution in [-0.4, -0.2) is 14.5 Å². The maximum Gasteiger partial charge on any atom is 0.208 e. The molecule has 5 nitrogen and oxygen atoms in total. The summed E-state index contributed by atoms with van der Waals surface area (Å²) in [6.07, 6.45) is 1.76. The van der Waals surface area contributed by atoms with E-state index in [0.29, 0.717) is 5.02 Å². The number of rotatable bonds is 4. The number of halogens is 1. The van der Waals surface area contributed by atoms with Crippen molar-refractivity contribution in [2.24, 2.45) is 7.05 Å². The highest BCUT2D eigenvalue weighted by molar-refractivity contribution is 6.30. The van der Waals surface area contributed by atoms with Gasteiger partial charge in [0.15, 0.2) is 0 Å². The lowest BCUT2D eigenvalue weighted by Crippen LogP contribution is -1.99. The van der Waals surface area contributed by atoms with E-state index < -0.39 is 0 Å². The topological polar surface area (TPSA) is 54.8 Å².